The molecule has 1 heterocycles. The first-order valence-corrected chi connectivity index (χ1v) is 4.04. The van der Waals surface area contributed by atoms with E-state index in [0.29, 0.717) is 5.56 Å². The average molecular weight is 202 g/mol. The Hall–Kier alpha value is -1.36. The van der Waals surface area contributed by atoms with Gasteiger partial charge in [-0.2, -0.15) is 8.78 Å². The summed E-state index contributed by atoms with van der Waals surface area (Å²) in [5.74, 6) is 0.237. The van der Waals surface area contributed by atoms with Gasteiger partial charge in [-0.1, -0.05) is 6.07 Å². The molecule has 0 atom stereocenters. The summed E-state index contributed by atoms with van der Waals surface area (Å²) in [6, 6.07) is 4.42. The number of aliphatic hydroxyl groups excluding tert-OH is 1. The van der Waals surface area contributed by atoms with Crippen molar-refractivity contribution < 1.29 is 23.4 Å². The van der Waals surface area contributed by atoms with Gasteiger partial charge >= 0.3 is 6.11 Å². The molecule has 3 nitrogen and oxygen atoms in total. The number of hydrogen-bond acceptors (Lipinski definition) is 3. The van der Waals surface area contributed by atoms with Gasteiger partial charge in [0.2, 0.25) is 0 Å². The van der Waals surface area contributed by atoms with Crippen LogP contribution < -0.4 is 9.47 Å². The van der Waals surface area contributed by atoms with Crippen molar-refractivity contribution in [3.8, 4) is 11.5 Å². The van der Waals surface area contributed by atoms with Gasteiger partial charge in [0.1, 0.15) is 0 Å². The fourth-order valence-electron chi connectivity index (χ4n) is 1.20. The Morgan fingerprint density at radius 1 is 1.36 bits per heavy atom. The smallest absolute Gasteiger partial charge is 0.433 e. The van der Waals surface area contributed by atoms with Crippen LogP contribution >= 0.6 is 0 Å². The molecule has 0 saturated carbocycles. The molecule has 1 N–H and O–H groups in total. The number of fused-ring (bicyclic) bond motifs is 1. The Bertz CT molecular complexity index is 352. The van der Waals surface area contributed by atoms with E-state index < -0.39 is 12.7 Å². The highest BCUT2D eigenvalue weighted by Crippen LogP contribution is 2.37. The van der Waals surface area contributed by atoms with Gasteiger partial charge in [0.15, 0.2) is 18.1 Å². The molecular weight excluding hydrogens is 194 g/mol. The van der Waals surface area contributed by atoms with E-state index in [-0.39, 0.29) is 18.1 Å². The van der Waals surface area contributed by atoms with Gasteiger partial charge in [-0.25, -0.2) is 0 Å². The fourth-order valence-corrected chi connectivity index (χ4v) is 1.20. The molecule has 2 rings (SSSR count). The van der Waals surface area contributed by atoms with Gasteiger partial charge in [0, 0.05) is 0 Å². The summed E-state index contributed by atoms with van der Waals surface area (Å²) in [5, 5.41) is 8.79. The molecule has 0 aromatic heterocycles. The third kappa shape index (κ3) is 1.63. The molecule has 76 valence electrons. The van der Waals surface area contributed by atoms with Crippen LogP contribution in [0.15, 0.2) is 18.2 Å². The topological polar surface area (TPSA) is 38.7 Å². The van der Waals surface area contributed by atoms with Gasteiger partial charge < -0.3 is 14.6 Å². The summed E-state index contributed by atoms with van der Waals surface area (Å²) in [5.41, 5.74) is 0.505. The maximum Gasteiger partial charge on any atom is 0.433 e. The van der Waals surface area contributed by atoms with Gasteiger partial charge in [0.25, 0.3) is 0 Å². The molecule has 0 fully saturated rings. The van der Waals surface area contributed by atoms with Crippen molar-refractivity contribution in [2.75, 3.05) is 6.61 Å². The second-order valence-corrected chi connectivity index (χ2v) is 2.97. The summed E-state index contributed by atoms with van der Waals surface area (Å²) in [7, 11) is 0. The zero-order valence-corrected chi connectivity index (χ0v) is 7.17. The normalized spacial score (nSPS) is 17.9. The Kier molecular flexibility index (Phi) is 2.03. The molecule has 0 saturated heterocycles. The second-order valence-electron chi connectivity index (χ2n) is 2.97. The molecule has 0 bridgehead atoms. The van der Waals surface area contributed by atoms with E-state index in [0.717, 1.165) is 0 Å². The summed E-state index contributed by atoms with van der Waals surface area (Å²) in [4.78, 5) is 0. The number of hydrogen-bond donors (Lipinski definition) is 1. The van der Waals surface area contributed by atoms with Crippen molar-refractivity contribution in [1.82, 2.24) is 0 Å². The van der Waals surface area contributed by atoms with Crippen LogP contribution in [0.3, 0.4) is 0 Å². The SMILES string of the molecule is OCc1ccc2c(c1)OC(F)(F)CO2. The maximum absolute atomic E-state index is 12.7. The van der Waals surface area contributed by atoms with Crippen LogP contribution in [0.1, 0.15) is 5.56 Å². The molecule has 1 aliphatic rings. The van der Waals surface area contributed by atoms with Crippen LogP contribution in [0.5, 0.6) is 11.5 Å². The molecule has 0 amide bonds. The average Bonchev–Trinajstić information content (AvgIpc) is 2.15. The van der Waals surface area contributed by atoms with Gasteiger partial charge in [-0.05, 0) is 17.7 Å². The molecule has 1 aromatic carbocycles. The second kappa shape index (κ2) is 3.09. The Morgan fingerprint density at radius 3 is 2.86 bits per heavy atom. The van der Waals surface area contributed by atoms with Crippen molar-refractivity contribution in [2.45, 2.75) is 12.7 Å². The lowest BCUT2D eigenvalue weighted by atomic mass is 10.2. The predicted molar refractivity (Wildman–Crippen MR) is 43.4 cm³/mol. The lowest BCUT2D eigenvalue weighted by Gasteiger charge is -2.25. The lowest BCUT2D eigenvalue weighted by molar-refractivity contribution is -0.208. The first-order chi connectivity index (χ1) is 6.61. The maximum atomic E-state index is 12.7. The van der Waals surface area contributed by atoms with Gasteiger partial charge in [-0.15, -0.1) is 0 Å². The zero-order chi connectivity index (χ0) is 10.2. The van der Waals surface area contributed by atoms with Crippen LogP contribution in [0, 0.1) is 0 Å². The summed E-state index contributed by atoms with van der Waals surface area (Å²) in [6.45, 7) is -0.999. The van der Waals surface area contributed by atoms with E-state index in [4.69, 9.17) is 9.84 Å². The molecule has 5 heteroatoms. The molecule has 0 spiro atoms. The highest BCUT2D eigenvalue weighted by Gasteiger charge is 2.37. The molecule has 0 unspecified atom stereocenters. The first kappa shape index (κ1) is 9.21. The predicted octanol–water partition coefficient (Wildman–Crippen LogP) is 1.54. The van der Waals surface area contributed by atoms with E-state index in [1.807, 2.05) is 0 Å². The van der Waals surface area contributed by atoms with Crippen LogP contribution in [-0.2, 0) is 6.61 Å². The van der Waals surface area contributed by atoms with Crippen molar-refractivity contribution in [1.29, 1.82) is 0 Å². The number of aliphatic hydroxyl groups is 1. The molecule has 14 heavy (non-hydrogen) atoms. The largest absolute Gasteiger partial charge is 0.479 e. The minimum Gasteiger partial charge on any atom is -0.479 e. The lowest BCUT2D eigenvalue weighted by Crippen LogP contribution is -2.35. The summed E-state index contributed by atoms with van der Waals surface area (Å²) < 4.78 is 34.6. The van der Waals surface area contributed by atoms with E-state index in [1.54, 1.807) is 6.07 Å². The van der Waals surface area contributed by atoms with E-state index in [2.05, 4.69) is 4.74 Å². The fraction of sp³-hybridized carbons (Fsp3) is 0.333. The first-order valence-electron chi connectivity index (χ1n) is 4.04. The Labute approximate surface area is 78.9 Å². The Morgan fingerprint density at radius 2 is 2.14 bits per heavy atom. The third-order valence-corrected chi connectivity index (χ3v) is 1.85. The van der Waals surface area contributed by atoms with Crippen molar-refractivity contribution in [2.24, 2.45) is 0 Å². The van der Waals surface area contributed by atoms with Gasteiger partial charge in [-0.3, -0.25) is 0 Å². The number of benzene rings is 1. The van der Waals surface area contributed by atoms with Crippen LogP contribution in [0.4, 0.5) is 8.78 Å². The van der Waals surface area contributed by atoms with E-state index in [1.165, 1.54) is 12.1 Å². The van der Waals surface area contributed by atoms with Crippen LogP contribution in [0.25, 0.3) is 0 Å². The van der Waals surface area contributed by atoms with Gasteiger partial charge in [0.05, 0.1) is 6.61 Å². The molecule has 1 aromatic rings. The third-order valence-electron chi connectivity index (χ3n) is 1.85. The highest BCUT2D eigenvalue weighted by atomic mass is 19.3. The van der Waals surface area contributed by atoms with Crippen LogP contribution in [-0.4, -0.2) is 17.8 Å². The number of ether oxygens (including phenoxy) is 2. The number of halogens is 2. The Balaban J connectivity index is 2.34. The quantitative estimate of drug-likeness (QED) is 0.750. The van der Waals surface area contributed by atoms with E-state index >= 15 is 0 Å². The van der Waals surface area contributed by atoms with Crippen LogP contribution in [0.2, 0.25) is 0 Å². The molecular formula is C9H8F2O3. The molecule has 0 radical (unpaired) electrons. The minimum absolute atomic E-state index is 0.0344. The van der Waals surface area contributed by atoms with Crippen molar-refractivity contribution in [3.63, 3.8) is 0 Å². The summed E-state index contributed by atoms with van der Waals surface area (Å²) in [6.07, 6.45) is -3.29. The standard InChI is InChI=1S/C9H8F2O3/c10-9(11)5-13-7-2-1-6(4-12)3-8(7)14-9/h1-3,12H,4-5H2. The van der Waals surface area contributed by atoms with E-state index in [9.17, 15) is 8.78 Å². The van der Waals surface area contributed by atoms with Crippen molar-refractivity contribution in [3.05, 3.63) is 23.8 Å². The number of alkyl halides is 2. The highest BCUT2D eigenvalue weighted by molar-refractivity contribution is 5.44. The number of rotatable bonds is 1. The monoisotopic (exact) mass is 202 g/mol. The minimum atomic E-state index is -3.29. The van der Waals surface area contributed by atoms with Crippen molar-refractivity contribution >= 4 is 0 Å². The molecule has 1 aliphatic heterocycles. The zero-order valence-electron chi connectivity index (χ0n) is 7.17. The molecule has 0 aliphatic carbocycles. The summed E-state index contributed by atoms with van der Waals surface area (Å²) >= 11 is 0.